The molecule has 2 aromatic rings. The number of guanidine groups is 1. The van der Waals surface area contributed by atoms with Gasteiger partial charge in [0.2, 0.25) is 5.13 Å². The normalized spacial score (nSPS) is 18.0. The third kappa shape index (κ3) is 4.98. The molecule has 0 amide bonds. The van der Waals surface area contributed by atoms with Crippen molar-refractivity contribution in [2.24, 2.45) is 4.99 Å². The molecule has 0 bridgehead atoms. The first-order chi connectivity index (χ1) is 14.3. The first kappa shape index (κ1) is 20.3. The molecule has 10 heteroatoms. The Hall–Kier alpha value is -1.94. The summed E-state index contributed by atoms with van der Waals surface area (Å²) in [6, 6.07) is 0. The quantitative estimate of drug-likeness (QED) is 0.551. The van der Waals surface area contributed by atoms with E-state index in [4.69, 9.17) is 4.98 Å². The fraction of sp³-hybridized carbons (Fsp3) is 0.684. The van der Waals surface area contributed by atoms with Gasteiger partial charge in [0.15, 0.2) is 11.1 Å². The van der Waals surface area contributed by atoms with Gasteiger partial charge >= 0.3 is 0 Å². The van der Waals surface area contributed by atoms with Gasteiger partial charge in [-0.25, -0.2) is 9.97 Å². The molecule has 2 aliphatic heterocycles. The second kappa shape index (κ2) is 9.71. The van der Waals surface area contributed by atoms with Gasteiger partial charge in [-0.2, -0.15) is 4.37 Å². The van der Waals surface area contributed by atoms with E-state index in [-0.39, 0.29) is 0 Å². The number of rotatable bonds is 6. The highest BCUT2D eigenvalue weighted by atomic mass is 32.1. The number of aryl methyl sites for hydroxylation is 1. The lowest BCUT2D eigenvalue weighted by molar-refractivity contribution is 0.372. The number of aliphatic imine (C=N–C) groups is 1. The van der Waals surface area contributed by atoms with Gasteiger partial charge in [0.25, 0.3) is 0 Å². The number of nitrogens with one attached hydrogen (secondary N) is 1. The minimum absolute atomic E-state index is 0.853. The predicted octanol–water partition coefficient (Wildman–Crippen LogP) is 2.10. The lowest BCUT2D eigenvalue weighted by Crippen LogP contribution is -2.52. The second-order valence-corrected chi connectivity index (χ2v) is 8.93. The molecule has 0 radical (unpaired) electrons. The Morgan fingerprint density at radius 3 is 2.52 bits per heavy atom. The third-order valence-corrected chi connectivity index (χ3v) is 7.18. The summed E-state index contributed by atoms with van der Waals surface area (Å²) in [6.07, 6.45) is 4.40. The largest absolute Gasteiger partial charge is 0.356 e. The minimum atomic E-state index is 0.853. The van der Waals surface area contributed by atoms with Crippen molar-refractivity contribution in [3.05, 3.63) is 16.9 Å². The average Bonchev–Trinajstić information content (AvgIpc) is 3.52. The summed E-state index contributed by atoms with van der Waals surface area (Å²) in [6.45, 7) is 9.04. The fourth-order valence-electron chi connectivity index (χ4n) is 3.73. The number of piperazine rings is 1. The highest BCUT2D eigenvalue weighted by molar-refractivity contribution is 7.13. The zero-order chi connectivity index (χ0) is 20.1. The third-order valence-electron chi connectivity index (χ3n) is 5.42. The first-order valence-corrected chi connectivity index (χ1v) is 12.1. The summed E-state index contributed by atoms with van der Waals surface area (Å²) < 4.78 is 4.41. The summed E-state index contributed by atoms with van der Waals surface area (Å²) in [5.74, 6) is 1.92. The van der Waals surface area contributed by atoms with E-state index in [1.54, 1.807) is 11.3 Å². The van der Waals surface area contributed by atoms with Crippen LogP contribution in [0.15, 0.2) is 10.4 Å². The predicted molar refractivity (Wildman–Crippen MR) is 122 cm³/mol. The van der Waals surface area contributed by atoms with E-state index in [1.807, 2.05) is 7.05 Å². The summed E-state index contributed by atoms with van der Waals surface area (Å²) in [4.78, 5) is 21.0. The molecule has 2 saturated heterocycles. The average molecular weight is 435 g/mol. The standard InChI is InChI=1S/C19H30N8S2/c1-3-16-23-19(29-24-16)27-12-10-25(11-13-27)17(20-2)21-7-6-15-14-28-18(22-15)26-8-4-5-9-26/h14H,3-13H2,1-2H3,(H,20,21). The van der Waals surface area contributed by atoms with E-state index in [2.05, 4.69) is 46.7 Å². The van der Waals surface area contributed by atoms with E-state index in [0.29, 0.717) is 0 Å². The van der Waals surface area contributed by atoms with E-state index in [9.17, 15) is 0 Å². The van der Waals surface area contributed by atoms with Crippen LogP contribution in [0.1, 0.15) is 31.3 Å². The molecule has 2 fully saturated rings. The molecule has 2 aliphatic rings. The molecule has 2 aromatic heterocycles. The summed E-state index contributed by atoms with van der Waals surface area (Å²) >= 11 is 3.28. The van der Waals surface area contributed by atoms with Crippen LogP contribution in [-0.2, 0) is 12.8 Å². The monoisotopic (exact) mass is 434 g/mol. The smallest absolute Gasteiger partial charge is 0.205 e. The Kier molecular flexibility index (Phi) is 6.81. The van der Waals surface area contributed by atoms with Gasteiger partial charge in [0.05, 0.1) is 5.69 Å². The van der Waals surface area contributed by atoms with Crippen LogP contribution in [0.3, 0.4) is 0 Å². The molecule has 0 saturated carbocycles. The van der Waals surface area contributed by atoms with Crippen molar-refractivity contribution in [1.29, 1.82) is 0 Å². The molecule has 0 spiro atoms. The van der Waals surface area contributed by atoms with Crippen molar-refractivity contribution in [2.45, 2.75) is 32.6 Å². The van der Waals surface area contributed by atoms with Crippen molar-refractivity contribution < 1.29 is 0 Å². The molecular weight excluding hydrogens is 404 g/mol. The molecule has 1 N–H and O–H groups in total. The van der Waals surface area contributed by atoms with Crippen molar-refractivity contribution in [3.8, 4) is 0 Å². The molecule has 4 heterocycles. The maximum atomic E-state index is 4.81. The van der Waals surface area contributed by atoms with Crippen LogP contribution in [0.25, 0.3) is 0 Å². The Balaban J connectivity index is 1.22. The Bertz CT molecular complexity index is 803. The van der Waals surface area contributed by atoms with Crippen molar-refractivity contribution in [1.82, 2.24) is 24.6 Å². The van der Waals surface area contributed by atoms with Gasteiger partial charge in [-0.3, -0.25) is 4.99 Å². The molecule has 0 aliphatic carbocycles. The van der Waals surface area contributed by atoms with Gasteiger partial charge in [0.1, 0.15) is 5.82 Å². The lowest BCUT2D eigenvalue weighted by atomic mass is 10.3. The Morgan fingerprint density at radius 1 is 1.07 bits per heavy atom. The molecule has 4 rings (SSSR count). The van der Waals surface area contributed by atoms with E-state index < -0.39 is 0 Å². The maximum Gasteiger partial charge on any atom is 0.205 e. The topological polar surface area (TPSA) is 72.8 Å². The maximum absolute atomic E-state index is 4.81. The number of thiazole rings is 1. The van der Waals surface area contributed by atoms with E-state index in [1.165, 1.54) is 35.2 Å². The van der Waals surface area contributed by atoms with Crippen molar-refractivity contribution in [2.75, 3.05) is 62.7 Å². The van der Waals surface area contributed by atoms with Crippen molar-refractivity contribution in [3.63, 3.8) is 0 Å². The molecule has 29 heavy (non-hydrogen) atoms. The fourth-order valence-corrected chi connectivity index (χ4v) is 5.44. The minimum Gasteiger partial charge on any atom is -0.356 e. The highest BCUT2D eigenvalue weighted by Crippen LogP contribution is 2.24. The SMILES string of the molecule is CCc1nsc(N2CCN(C(=NC)NCCc3csc(N4CCCC4)n3)CC2)n1. The second-order valence-electron chi connectivity index (χ2n) is 7.36. The van der Waals surface area contributed by atoms with Crippen molar-refractivity contribution >= 4 is 39.1 Å². The molecule has 0 atom stereocenters. The van der Waals surface area contributed by atoms with E-state index >= 15 is 0 Å². The summed E-state index contributed by atoms with van der Waals surface area (Å²) in [7, 11) is 1.86. The molecule has 158 valence electrons. The van der Waals surface area contributed by atoms with Crippen LogP contribution in [0.4, 0.5) is 10.3 Å². The highest BCUT2D eigenvalue weighted by Gasteiger charge is 2.22. The van der Waals surface area contributed by atoms with Gasteiger partial charge in [-0.05, 0) is 12.8 Å². The van der Waals surface area contributed by atoms with Gasteiger partial charge in [-0.1, -0.05) is 6.92 Å². The van der Waals surface area contributed by atoms with Gasteiger partial charge in [0, 0.05) is 82.6 Å². The summed E-state index contributed by atoms with van der Waals surface area (Å²) in [5.41, 5.74) is 1.17. The van der Waals surface area contributed by atoms with Crippen LogP contribution in [0, 0.1) is 0 Å². The number of hydrogen-bond acceptors (Lipinski definition) is 8. The lowest BCUT2D eigenvalue weighted by Gasteiger charge is -2.36. The van der Waals surface area contributed by atoms with Crippen LogP contribution in [0.2, 0.25) is 0 Å². The van der Waals surface area contributed by atoms with Crippen LogP contribution >= 0.6 is 22.9 Å². The zero-order valence-corrected chi connectivity index (χ0v) is 18.9. The van der Waals surface area contributed by atoms with Crippen LogP contribution < -0.4 is 15.1 Å². The zero-order valence-electron chi connectivity index (χ0n) is 17.3. The van der Waals surface area contributed by atoms with Gasteiger partial charge < -0.3 is 20.0 Å². The Labute approximate surface area is 180 Å². The molecule has 8 nitrogen and oxygen atoms in total. The number of nitrogens with zero attached hydrogens (tertiary/aromatic N) is 7. The van der Waals surface area contributed by atoms with Gasteiger partial charge in [-0.15, -0.1) is 11.3 Å². The van der Waals surface area contributed by atoms with Crippen LogP contribution in [-0.4, -0.2) is 78.1 Å². The first-order valence-electron chi connectivity index (χ1n) is 10.5. The number of aromatic nitrogens is 3. The summed E-state index contributed by atoms with van der Waals surface area (Å²) in [5, 5.41) is 7.94. The van der Waals surface area contributed by atoms with E-state index in [0.717, 1.165) is 75.6 Å². The number of anilines is 2. The molecule has 0 aromatic carbocycles. The van der Waals surface area contributed by atoms with Crippen LogP contribution in [0.5, 0.6) is 0 Å². The number of hydrogen-bond donors (Lipinski definition) is 1. The molecular formula is C19H30N8S2. The Morgan fingerprint density at radius 2 is 1.83 bits per heavy atom. The molecule has 0 unspecified atom stereocenters.